The standard InChI is InChI=1S/C16H14N6/c1-12-14(8-15(9-17)21(12)2)10-19-22-11-18-20-16(22)13-6-4-3-5-7-13/h3-8,10-11H,1-2H3/b19-10-. The van der Waals surface area contributed by atoms with E-state index >= 15 is 0 Å². The first-order chi connectivity index (χ1) is 10.7. The van der Waals surface area contributed by atoms with Crippen LogP contribution in [0.1, 0.15) is 17.0 Å². The minimum Gasteiger partial charge on any atom is -0.339 e. The Morgan fingerprint density at radius 3 is 2.73 bits per heavy atom. The van der Waals surface area contributed by atoms with Gasteiger partial charge in [0.25, 0.3) is 0 Å². The van der Waals surface area contributed by atoms with Gasteiger partial charge in [-0.15, -0.1) is 10.2 Å². The topological polar surface area (TPSA) is 71.8 Å². The summed E-state index contributed by atoms with van der Waals surface area (Å²) in [7, 11) is 1.86. The van der Waals surface area contributed by atoms with E-state index in [1.54, 1.807) is 17.2 Å². The van der Waals surface area contributed by atoms with E-state index in [1.807, 2.05) is 54.9 Å². The highest BCUT2D eigenvalue weighted by molar-refractivity contribution is 5.82. The Labute approximate surface area is 128 Å². The maximum absolute atomic E-state index is 9.06. The predicted molar refractivity (Wildman–Crippen MR) is 83.3 cm³/mol. The first kappa shape index (κ1) is 13.8. The molecule has 6 heteroatoms. The number of nitriles is 1. The molecule has 0 N–H and O–H groups in total. The van der Waals surface area contributed by atoms with Crippen LogP contribution in [-0.2, 0) is 7.05 Å². The van der Waals surface area contributed by atoms with Gasteiger partial charge in [-0.1, -0.05) is 30.3 Å². The first-order valence-electron chi connectivity index (χ1n) is 6.77. The zero-order chi connectivity index (χ0) is 15.5. The van der Waals surface area contributed by atoms with Gasteiger partial charge in [0.1, 0.15) is 18.1 Å². The fourth-order valence-corrected chi connectivity index (χ4v) is 2.18. The molecule has 0 unspecified atom stereocenters. The second kappa shape index (κ2) is 5.66. The van der Waals surface area contributed by atoms with Crippen LogP contribution in [0.25, 0.3) is 11.4 Å². The van der Waals surface area contributed by atoms with Gasteiger partial charge >= 0.3 is 0 Å². The van der Waals surface area contributed by atoms with Crippen LogP contribution in [0.15, 0.2) is 47.8 Å². The molecule has 2 aromatic heterocycles. The van der Waals surface area contributed by atoms with Crippen LogP contribution < -0.4 is 0 Å². The second-order valence-corrected chi connectivity index (χ2v) is 4.85. The molecule has 0 aliphatic heterocycles. The number of hydrogen-bond acceptors (Lipinski definition) is 4. The summed E-state index contributed by atoms with van der Waals surface area (Å²) in [6, 6.07) is 13.7. The van der Waals surface area contributed by atoms with Crippen molar-refractivity contribution in [3.8, 4) is 17.5 Å². The fourth-order valence-electron chi connectivity index (χ4n) is 2.18. The van der Waals surface area contributed by atoms with Crippen LogP contribution in [-0.4, -0.2) is 25.7 Å². The van der Waals surface area contributed by atoms with E-state index in [1.165, 1.54) is 0 Å². The van der Waals surface area contributed by atoms with E-state index in [4.69, 9.17) is 5.26 Å². The lowest BCUT2D eigenvalue weighted by molar-refractivity contribution is 0.863. The Hall–Kier alpha value is -3.20. The predicted octanol–water partition coefficient (Wildman–Crippen LogP) is 2.35. The van der Waals surface area contributed by atoms with Crippen LogP contribution in [0.3, 0.4) is 0 Å². The molecule has 2 heterocycles. The molecular formula is C16H14N6. The van der Waals surface area contributed by atoms with Crippen molar-refractivity contribution < 1.29 is 0 Å². The van der Waals surface area contributed by atoms with Crippen LogP contribution in [0.5, 0.6) is 0 Å². The zero-order valence-corrected chi connectivity index (χ0v) is 12.3. The highest BCUT2D eigenvalue weighted by Gasteiger charge is 2.08. The molecule has 6 nitrogen and oxygen atoms in total. The van der Waals surface area contributed by atoms with Crippen molar-refractivity contribution in [2.24, 2.45) is 12.1 Å². The summed E-state index contributed by atoms with van der Waals surface area (Å²) in [5, 5.41) is 21.5. The summed E-state index contributed by atoms with van der Waals surface area (Å²) in [6.07, 6.45) is 3.27. The molecule has 3 rings (SSSR count). The van der Waals surface area contributed by atoms with Crippen molar-refractivity contribution in [1.82, 2.24) is 19.4 Å². The van der Waals surface area contributed by atoms with E-state index in [2.05, 4.69) is 21.4 Å². The quantitative estimate of drug-likeness (QED) is 0.695. The first-order valence-corrected chi connectivity index (χ1v) is 6.77. The molecule has 0 spiro atoms. The molecule has 1 aromatic carbocycles. The average Bonchev–Trinajstić information content (AvgIpc) is 3.13. The van der Waals surface area contributed by atoms with Crippen molar-refractivity contribution in [2.45, 2.75) is 6.92 Å². The Bertz CT molecular complexity index is 864. The van der Waals surface area contributed by atoms with Gasteiger partial charge in [0.15, 0.2) is 5.82 Å². The molecule has 3 aromatic rings. The van der Waals surface area contributed by atoms with Crippen molar-refractivity contribution in [2.75, 3.05) is 0 Å². The van der Waals surface area contributed by atoms with Gasteiger partial charge in [0, 0.05) is 23.9 Å². The highest BCUT2D eigenvalue weighted by Crippen LogP contribution is 2.16. The summed E-state index contributed by atoms with van der Waals surface area (Å²) in [5.41, 5.74) is 3.42. The molecule has 0 aliphatic carbocycles. The summed E-state index contributed by atoms with van der Waals surface area (Å²) in [5.74, 6) is 0.672. The van der Waals surface area contributed by atoms with E-state index in [-0.39, 0.29) is 0 Å². The Morgan fingerprint density at radius 2 is 2.05 bits per heavy atom. The van der Waals surface area contributed by atoms with Gasteiger partial charge in [-0.05, 0) is 13.0 Å². The second-order valence-electron chi connectivity index (χ2n) is 4.85. The lowest BCUT2D eigenvalue weighted by Gasteiger charge is -2.00. The molecule has 0 saturated heterocycles. The van der Waals surface area contributed by atoms with Gasteiger partial charge < -0.3 is 4.57 Å². The number of nitrogens with zero attached hydrogens (tertiary/aromatic N) is 6. The largest absolute Gasteiger partial charge is 0.339 e. The molecule has 0 bridgehead atoms. The SMILES string of the molecule is Cc1c(/C=N\n2cnnc2-c2ccccc2)cc(C#N)n1C. The van der Waals surface area contributed by atoms with E-state index in [0.717, 1.165) is 16.8 Å². The van der Waals surface area contributed by atoms with Gasteiger partial charge in [-0.2, -0.15) is 15.0 Å². The van der Waals surface area contributed by atoms with Gasteiger partial charge in [-0.25, -0.2) is 0 Å². The number of hydrogen-bond donors (Lipinski definition) is 0. The molecule has 108 valence electrons. The molecule has 0 atom stereocenters. The molecular weight excluding hydrogens is 276 g/mol. The third-order valence-electron chi connectivity index (χ3n) is 3.57. The Morgan fingerprint density at radius 1 is 1.27 bits per heavy atom. The van der Waals surface area contributed by atoms with E-state index in [9.17, 15) is 0 Å². The maximum atomic E-state index is 9.06. The normalized spacial score (nSPS) is 11.0. The third-order valence-corrected chi connectivity index (χ3v) is 3.57. The smallest absolute Gasteiger partial charge is 0.184 e. The minimum absolute atomic E-state index is 0.603. The highest BCUT2D eigenvalue weighted by atomic mass is 15.4. The van der Waals surface area contributed by atoms with Crippen molar-refractivity contribution in [3.63, 3.8) is 0 Å². The zero-order valence-electron chi connectivity index (χ0n) is 12.3. The van der Waals surface area contributed by atoms with Crippen molar-refractivity contribution in [1.29, 1.82) is 5.26 Å². The number of benzene rings is 1. The molecule has 0 radical (unpaired) electrons. The summed E-state index contributed by atoms with van der Waals surface area (Å²) in [6.45, 7) is 1.95. The minimum atomic E-state index is 0.603. The molecule has 0 saturated carbocycles. The Kier molecular flexibility index (Phi) is 3.54. The molecule has 0 fully saturated rings. The summed E-state index contributed by atoms with van der Waals surface area (Å²) < 4.78 is 3.46. The number of rotatable bonds is 3. The van der Waals surface area contributed by atoms with Crippen molar-refractivity contribution >= 4 is 6.21 Å². The van der Waals surface area contributed by atoms with Gasteiger partial charge in [-0.3, -0.25) is 0 Å². The van der Waals surface area contributed by atoms with Crippen molar-refractivity contribution in [3.05, 3.63) is 59.7 Å². The van der Waals surface area contributed by atoms with E-state index < -0.39 is 0 Å². The van der Waals surface area contributed by atoms with Crippen LogP contribution in [0.2, 0.25) is 0 Å². The summed E-state index contributed by atoms with van der Waals surface area (Å²) >= 11 is 0. The molecule has 0 amide bonds. The Balaban J connectivity index is 1.95. The lowest BCUT2D eigenvalue weighted by Crippen LogP contribution is -1.96. The van der Waals surface area contributed by atoms with Gasteiger partial charge in [0.2, 0.25) is 0 Å². The third kappa shape index (κ3) is 2.40. The van der Waals surface area contributed by atoms with E-state index in [0.29, 0.717) is 11.5 Å². The summed E-state index contributed by atoms with van der Waals surface area (Å²) in [4.78, 5) is 0. The maximum Gasteiger partial charge on any atom is 0.184 e. The number of aromatic nitrogens is 4. The van der Waals surface area contributed by atoms with Crippen LogP contribution in [0, 0.1) is 18.3 Å². The lowest BCUT2D eigenvalue weighted by atomic mass is 10.2. The molecule has 22 heavy (non-hydrogen) atoms. The van der Waals surface area contributed by atoms with Crippen LogP contribution in [0.4, 0.5) is 0 Å². The average molecular weight is 290 g/mol. The fraction of sp³-hybridized carbons (Fsp3) is 0.125. The van der Waals surface area contributed by atoms with Crippen LogP contribution >= 0.6 is 0 Å². The molecule has 0 aliphatic rings. The monoisotopic (exact) mass is 290 g/mol. The van der Waals surface area contributed by atoms with Gasteiger partial charge in [0.05, 0.1) is 6.21 Å².